The first-order valence-corrected chi connectivity index (χ1v) is 9.31. The molecular weight excluding hydrogens is 348 g/mol. The number of carbonyl (C=O) groups is 2. The van der Waals surface area contributed by atoms with E-state index in [0.29, 0.717) is 21.8 Å². The van der Waals surface area contributed by atoms with E-state index in [9.17, 15) is 9.59 Å². The van der Waals surface area contributed by atoms with E-state index in [4.69, 9.17) is 11.6 Å². The van der Waals surface area contributed by atoms with E-state index in [2.05, 4.69) is 5.32 Å². The van der Waals surface area contributed by atoms with Gasteiger partial charge in [-0.05, 0) is 74.6 Å². The minimum atomic E-state index is -0.240. The second kappa shape index (κ2) is 7.92. The molecular formula is C21H23ClN2O2. The van der Waals surface area contributed by atoms with Crippen molar-refractivity contribution in [3.63, 3.8) is 0 Å². The minimum Gasteiger partial charge on any atom is -0.339 e. The van der Waals surface area contributed by atoms with Gasteiger partial charge >= 0.3 is 0 Å². The van der Waals surface area contributed by atoms with Crippen LogP contribution in [0.2, 0.25) is 5.02 Å². The van der Waals surface area contributed by atoms with Crippen molar-refractivity contribution in [3.05, 3.63) is 63.7 Å². The Balaban J connectivity index is 1.72. The Labute approximate surface area is 159 Å². The van der Waals surface area contributed by atoms with Crippen LogP contribution in [0.15, 0.2) is 36.4 Å². The first-order chi connectivity index (χ1) is 12.5. The van der Waals surface area contributed by atoms with E-state index in [1.54, 1.807) is 24.3 Å². The van der Waals surface area contributed by atoms with Gasteiger partial charge in [0.2, 0.25) is 0 Å². The third kappa shape index (κ3) is 4.07. The van der Waals surface area contributed by atoms with Crippen LogP contribution in [0.4, 0.5) is 5.69 Å². The van der Waals surface area contributed by atoms with E-state index >= 15 is 0 Å². The van der Waals surface area contributed by atoms with Gasteiger partial charge in [0.25, 0.3) is 11.8 Å². The number of halogens is 1. The molecule has 0 atom stereocenters. The number of carbonyl (C=O) groups excluding carboxylic acids is 2. The molecule has 136 valence electrons. The lowest BCUT2D eigenvalue weighted by molar-refractivity contribution is 0.0724. The highest BCUT2D eigenvalue weighted by Crippen LogP contribution is 2.27. The van der Waals surface area contributed by atoms with Crippen LogP contribution in [0.5, 0.6) is 0 Å². The lowest BCUT2D eigenvalue weighted by Crippen LogP contribution is -2.35. The second-order valence-electron chi connectivity index (χ2n) is 6.82. The molecule has 2 aromatic rings. The maximum Gasteiger partial charge on any atom is 0.255 e. The molecule has 3 rings (SSSR count). The van der Waals surface area contributed by atoms with Crippen LogP contribution in [-0.2, 0) is 0 Å². The van der Waals surface area contributed by atoms with Crippen molar-refractivity contribution in [3.8, 4) is 0 Å². The normalized spacial score (nSPS) is 14.2. The fraction of sp³-hybridized carbons (Fsp3) is 0.333. The van der Waals surface area contributed by atoms with Crippen LogP contribution in [0.1, 0.15) is 51.1 Å². The highest BCUT2D eigenvalue weighted by atomic mass is 35.5. The quantitative estimate of drug-likeness (QED) is 0.840. The van der Waals surface area contributed by atoms with Crippen LogP contribution in [0.3, 0.4) is 0 Å². The van der Waals surface area contributed by atoms with Gasteiger partial charge in [-0.25, -0.2) is 0 Å². The van der Waals surface area contributed by atoms with Gasteiger partial charge in [0, 0.05) is 24.2 Å². The second-order valence-corrected chi connectivity index (χ2v) is 7.23. The van der Waals surface area contributed by atoms with Gasteiger partial charge in [0.15, 0.2) is 0 Å². The molecule has 5 heteroatoms. The van der Waals surface area contributed by atoms with Gasteiger partial charge in [-0.2, -0.15) is 0 Å². The zero-order valence-electron chi connectivity index (χ0n) is 15.1. The van der Waals surface area contributed by atoms with Gasteiger partial charge in [-0.1, -0.05) is 17.7 Å². The number of anilines is 1. The van der Waals surface area contributed by atoms with E-state index in [-0.39, 0.29) is 11.8 Å². The topological polar surface area (TPSA) is 49.4 Å². The van der Waals surface area contributed by atoms with Crippen LogP contribution < -0.4 is 5.32 Å². The van der Waals surface area contributed by atoms with E-state index in [1.807, 2.05) is 30.9 Å². The van der Waals surface area contributed by atoms with Crippen LogP contribution in [0, 0.1) is 13.8 Å². The van der Waals surface area contributed by atoms with Crippen molar-refractivity contribution in [1.82, 2.24) is 4.90 Å². The number of aryl methyl sites for hydroxylation is 2. The summed E-state index contributed by atoms with van der Waals surface area (Å²) < 4.78 is 0. The highest BCUT2D eigenvalue weighted by Gasteiger charge is 2.18. The van der Waals surface area contributed by atoms with Crippen molar-refractivity contribution in [2.75, 3.05) is 18.4 Å². The summed E-state index contributed by atoms with van der Waals surface area (Å²) in [6, 6.07) is 10.6. The molecule has 0 unspecified atom stereocenters. The molecule has 1 saturated heterocycles. The summed E-state index contributed by atoms with van der Waals surface area (Å²) in [6.07, 6.45) is 3.30. The number of benzene rings is 2. The number of nitrogens with zero attached hydrogens (tertiary/aromatic N) is 1. The molecule has 1 fully saturated rings. The standard InChI is InChI=1S/C21H23ClN2O2/c1-14-12-15(2)19(18(22)13-14)23-20(25)16-6-8-17(9-7-16)21(26)24-10-4-3-5-11-24/h6-9,12-13H,3-5,10-11H2,1-2H3,(H,23,25). The van der Waals surface area contributed by atoms with Gasteiger partial charge in [0.1, 0.15) is 0 Å². The number of likely N-dealkylation sites (tertiary alicyclic amines) is 1. The monoisotopic (exact) mass is 370 g/mol. The van der Waals surface area contributed by atoms with Gasteiger partial charge < -0.3 is 10.2 Å². The first-order valence-electron chi connectivity index (χ1n) is 8.93. The number of hydrogen-bond donors (Lipinski definition) is 1. The fourth-order valence-electron chi connectivity index (χ4n) is 3.30. The third-order valence-electron chi connectivity index (χ3n) is 4.71. The third-order valence-corrected chi connectivity index (χ3v) is 5.01. The molecule has 0 spiro atoms. The highest BCUT2D eigenvalue weighted by molar-refractivity contribution is 6.34. The van der Waals surface area contributed by atoms with E-state index in [0.717, 1.165) is 37.1 Å². The number of hydrogen-bond acceptors (Lipinski definition) is 2. The summed E-state index contributed by atoms with van der Waals surface area (Å²) in [5, 5.41) is 3.39. The predicted octanol–water partition coefficient (Wildman–Crippen LogP) is 4.84. The van der Waals surface area contributed by atoms with Crippen LogP contribution in [-0.4, -0.2) is 29.8 Å². The average Bonchev–Trinajstić information content (AvgIpc) is 2.64. The summed E-state index contributed by atoms with van der Waals surface area (Å²) >= 11 is 6.25. The van der Waals surface area contributed by atoms with Gasteiger partial charge in [-0.3, -0.25) is 9.59 Å². The largest absolute Gasteiger partial charge is 0.339 e. The van der Waals surface area contributed by atoms with Crippen molar-refractivity contribution < 1.29 is 9.59 Å². The number of nitrogens with one attached hydrogen (secondary N) is 1. The average molecular weight is 371 g/mol. The summed E-state index contributed by atoms with van der Waals surface area (Å²) in [5.41, 5.74) is 3.70. The molecule has 4 nitrogen and oxygen atoms in total. The molecule has 0 saturated carbocycles. The van der Waals surface area contributed by atoms with E-state index < -0.39 is 0 Å². The number of amides is 2. The van der Waals surface area contributed by atoms with Crippen molar-refractivity contribution >= 4 is 29.1 Å². The fourth-order valence-corrected chi connectivity index (χ4v) is 3.67. The molecule has 0 radical (unpaired) electrons. The lowest BCUT2D eigenvalue weighted by Gasteiger charge is -2.26. The summed E-state index contributed by atoms with van der Waals surface area (Å²) in [5.74, 6) is -0.204. The Kier molecular flexibility index (Phi) is 5.62. The molecule has 1 heterocycles. The van der Waals surface area contributed by atoms with Gasteiger partial charge in [0.05, 0.1) is 10.7 Å². The summed E-state index contributed by atoms with van der Waals surface area (Å²) in [7, 11) is 0. The number of piperidine rings is 1. The molecule has 0 bridgehead atoms. The molecule has 0 aliphatic carbocycles. The zero-order valence-corrected chi connectivity index (χ0v) is 15.9. The molecule has 1 aliphatic heterocycles. The van der Waals surface area contributed by atoms with Gasteiger partial charge in [-0.15, -0.1) is 0 Å². The first kappa shape index (κ1) is 18.5. The number of rotatable bonds is 3. The summed E-state index contributed by atoms with van der Waals surface area (Å²) in [6.45, 7) is 5.50. The maximum atomic E-state index is 12.5. The van der Waals surface area contributed by atoms with Crippen molar-refractivity contribution in [2.24, 2.45) is 0 Å². The SMILES string of the molecule is Cc1cc(C)c(NC(=O)c2ccc(C(=O)N3CCCCC3)cc2)c(Cl)c1. The Bertz CT molecular complexity index is 801. The Morgan fingerprint density at radius 1 is 0.962 bits per heavy atom. The molecule has 2 amide bonds. The molecule has 0 aromatic heterocycles. The zero-order chi connectivity index (χ0) is 18.7. The van der Waals surface area contributed by atoms with Crippen molar-refractivity contribution in [2.45, 2.75) is 33.1 Å². The summed E-state index contributed by atoms with van der Waals surface area (Å²) in [4.78, 5) is 26.9. The van der Waals surface area contributed by atoms with Crippen molar-refractivity contribution in [1.29, 1.82) is 0 Å². The van der Waals surface area contributed by atoms with E-state index in [1.165, 1.54) is 6.42 Å². The maximum absolute atomic E-state index is 12.5. The van der Waals surface area contributed by atoms with Crippen LogP contribution >= 0.6 is 11.6 Å². The molecule has 1 N–H and O–H groups in total. The Morgan fingerprint density at radius 2 is 1.58 bits per heavy atom. The Hall–Kier alpha value is -2.33. The Morgan fingerprint density at radius 3 is 2.19 bits per heavy atom. The van der Waals surface area contributed by atoms with Crippen LogP contribution in [0.25, 0.3) is 0 Å². The smallest absolute Gasteiger partial charge is 0.255 e. The molecule has 2 aromatic carbocycles. The lowest BCUT2D eigenvalue weighted by atomic mass is 10.1. The minimum absolute atomic E-state index is 0.0362. The molecule has 1 aliphatic rings. The predicted molar refractivity (Wildman–Crippen MR) is 105 cm³/mol. The molecule has 26 heavy (non-hydrogen) atoms.